The molecule has 0 bridgehead atoms. The molecule has 0 aliphatic carbocycles. The van der Waals surface area contributed by atoms with Crippen LogP contribution in [0.15, 0.2) is 47.8 Å². The van der Waals surface area contributed by atoms with E-state index in [-0.39, 0.29) is 0 Å². The largest absolute Gasteiger partial charge is 0.298 e. The van der Waals surface area contributed by atoms with Crippen molar-refractivity contribution in [1.82, 2.24) is 14.9 Å². The molecule has 1 saturated heterocycles. The van der Waals surface area contributed by atoms with Crippen LogP contribution in [0, 0.1) is 0 Å². The highest BCUT2D eigenvalue weighted by Gasteiger charge is 2.22. The minimum absolute atomic E-state index is 0.374. The number of aromatic nitrogens is 2. The number of nitrogens with zero attached hydrogens (tertiary/aromatic N) is 3. The van der Waals surface area contributed by atoms with E-state index in [1.165, 1.54) is 6.26 Å². The van der Waals surface area contributed by atoms with Crippen LogP contribution in [0.5, 0.6) is 0 Å². The van der Waals surface area contributed by atoms with E-state index in [9.17, 15) is 8.42 Å². The second-order valence-corrected chi connectivity index (χ2v) is 8.14. The number of piperidine rings is 1. The van der Waals surface area contributed by atoms with Crippen molar-refractivity contribution in [2.75, 3.05) is 19.3 Å². The number of hydrogen-bond acceptors (Lipinski definition) is 5. The van der Waals surface area contributed by atoms with Crippen LogP contribution < -0.4 is 0 Å². The van der Waals surface area contributed by atoms with Crippen LogP contribution in [0.1, 0.15) is 30.0 Å². The summed E-state index contributed by atoms with van der Waals surface area (Å²) in [6.07, 6.45) is 6.94. The van der Waals surface area contributed by atoms with E-state index in [1.807, 2.05) is 18.2 Å². The van der Waals surface area contributed by atoms with E-state index >= 15 is 0 Å². The highest BCUT2D eigenvalue weighted by Crippen LogP contribution is 2.26. The lowest BCUT2D eigenvalue weighted by molar-refractivity contribution is 0.198. The topological polar surface area (TPSA) is 63.2 Å². The molecule has 1 aromatic heterocycles. The number of hydrogen-bond donors (Lipinski definition) is 0. The molecule has 122 valence electrons. The molecule has 2 heterocycles. The van der Waals surface area contributed by atoms with E-state index in [2.05, 4.69) is 14.9 Å². The molecule has 0 saturated carbocycles. The zero-order valence-electron chi connectivity index (χ0n) is 13.2. The average Bonchev–Trinajstić information content (AvgIpc) is 2.56. The van der Waals surface area contributed by atoms with Crippen molar-refractivity contribution in [2.45, 2.75) is 30.2 Å². The SMILES string of the molecule is CS(=O)(=O)c1ccc(CN2CCCC(c3ccncn3)C2)cc1. The Labute approximate surface area is 137 Å². The Morgan fingerprint density at radius 3 is 2.65 bits per heavy atom. The van der Waals surface area contributed by atoms with Gasteiger partial charge in [-0.05, 0) is 43.1 Å². The minimum atomic E-state index is -3.13. The van der Waals surface area contributed by atoms with Gasteiger partial charge in [-0.25, -0.2) is 18.4 Å². The molecular weight excluding hydrogens is 310 g/mol. The summed E-state index contributed by atoms with van der Waals surface area (Å²) in [6, 6.07) is 9.19. The van der Waals surface area contributed by atoms with Crippen LogP contribution in [0.4, 0.5) is 0 Å². The van der Waals surface area contributed by atoms with E-state index in [0.29, 0.717) is 10.8 Å². The van der Waals surface area contributed by atoms with Crippen molar-refractivity contribution in [3.05, 3.63) is 54.1 Å². The van der Waals surface area contributed by atoms with E-state index in [4.69, 9.17) is 0 Å². The third kappa shape index (κ3) is 4.14. The minimum Gasteiger partial charge on any atom is -0.298 e. The van der Waals surface area contributed by atoms with Crippen molar-refractivity contribution < 1.29 is 8.42 Å². The van der Waals surface area contributed by atoms with Gasteiger partial charge in [0.25, 0.3) is 0 Å². The molecule has 0 N–H and O–H groups in total. The highest BCUT2D eigenvalue weighted by atomic mass is 32.2. The lowest BCUT2D eigenvalue weighted by Gasteiger charge is -2.32. The van der Waals surface area contributed by atoms with Gasteiger partial charge in [-0.15, -0.1) is 0 Å². The van der Waals surface area contributed by atoms with Crippen molar-refractivity contribution in [3.63, 3.8) is 0 Å². The summed E-state index contributed by atoms with van der Waals surface area (Å²) in [7, 11) is -3.13. The highest BCUT2D eigenvalue weighted by molar-refractivity contribution is 7.90. The Balaban J connectivity index is 1.66. The van der Waals surface area contributed by atoms with Crippen LogP contribution in [-0.4, -0.2) is 42.6 Å². The first kappa shape index (κ1) is 16.1. The number of sulfone groups is 1. The number of rotatable bonds is 4. The molecular formula is C17H21N3O2S. The van der Waals surface area contributed by atoms with Crippen LogP contribution in [0.25, 0.3) is 0 Å². The number of likely N-dealkylation sites (tertiary alicyclic amines) is 1. The van der Waals surface area contributed by atoms with Crippen LogP contribution in [-0.2, 0) is 16.4 Å². The molecule has 1 aliphatic rings. The zero-order chi connectivity index (χ0) is 16.3. The molecule has 1 aromatic carbocycles. The standard InChI is InChI=1S/C17H21N3O2S/c1-23(21,22)16-6-4-14(5-7-16)11-20-10-2-3-15(12-20)17-8-9-18-13-19-17/h4-9,13,15H,2-3,10-12H2,1H3. The fourth-order valence-corrected chi connectivity index (χ4v) is 3.71. The monoisotopic (exact) mass is 331 g/mol. The molecule has 23 heavy (non-hydrogen) atoms. The van der Waals surface area contributed by atoms with Crippen LogP contribution in [0.3, 0.4) is 0 Å². The van der Waals surface area contributed by atoms with Gasteiger partial charge in [-0.3, -0.25) is 4.90 Å². The van der Waals surface area contributed by atoms with E-state index in [0.717, 1.165) is 43.7 Å². The van der Waals surface area contributed by atoms with Gasteiger partial charge in [0, 0.05) is 37.2 Å². The Morgan fingerprint density at radius 1 is 1.22 bits per heavy atom. The predicted molar refractivity (Wildman–Crippen MR) is 88.8 cm³/mol. The molecule has 0 amide bonds. The third-order valence-electron chi connectivity index (χ3n) is 4.29. The second-order valence-electron chi connectivity index (χ2n) is 6.12. The lowest BCUT2D eigenvalue weighted by atomic mass is 9.94. The van der Waals surface area contributed by atoms with Gasteiger partial charge in [0.05, 0.1) is 4.90 Å². The van der Waals surface area contributed by atoms with Crippen molar-refractivity contribution in [1.29, 1.82) is 0 Å². The summed E-state index contributed by atoms with van der Waals surface area (Å²) in [4.78, 5) is 11.1. The molecule has 1 atom stereocenters. The van der Waals surface area contributed by atoms with Crippen molar-refractivity contribution in [2.24, 2.45) is 0 Å². The van der Waals surface area contributed by atoms with Gasteiger partial charge in [0.1, 0.15) is 6.33 Å². The first-order valence-electron chi connectivity index (χ1n) is 7.79. The molecule has 2 aromatic rings. The van der Waals surface area contributed by atoms with Gasteiger partial charge in [0.15, 0.2) is 9.84 Å². The molecule has 1 unspecified atom stereocenters. The van der Waals surface area contributed by atoms with Crippen LogP contribution >= 0.6 is 0 Å². The van der Waals surface area contributed by atoms with Gasteiger partial charge in [-0.2, -0.15) is 0 Å². The molecule has 5 nitrogen and oxygen atoms in total. The van der Waals surface area contributed by atoms with Gasteiger partial charge in [-0.1, -0.05) is 12.1 Å². The van der Waals surface area contributed by atoms with Crippen molar-refractivity contribution >= 4 is 9.84 Å². The molecule has 6 heteroatoms. The van der Waals surface area contributed by atoms with Gasteiger partial charge in [0.2, 0.25) is 0 Å². The predicted octanol–water partition coefficient (Wildman–Crippen LogP) is 2.26. The first-order valence-corrected chi connectivity index (χ1v) is 9.69. The Hall–Kier alpha value is -1.79. The smallest absolute Gasteiger partial charge is 0.175 e. The van der Waals surface area contributed by atoms with Crippen molar-refractivity contribution in [3.8, 4) is 0 Å². The Morgan fingerprint density at radius 2 is 2.00 bits per heavy atom. The summed E-state index contributed by atoms with van der Waals surface area (Å²) >= 11 is 0. The fourth-order valence-electron chi connectivity index (χ4n) is 3.08. The number of benzene rings is 1. The summed E-state index contributed by atoms with van der Waals surface area (Å²) in [5.74, 6) is 0.446. The molecule has 1 fully saturated rings. The van der Waals surface area contributed by atoms with E-state index < -0.39 is 9.84 Å². The van der Waals surface area contributed by atoms with Crippen LogP contribution in [0.2, 0.25) is 0 Å². The maximum atomic E-state index is 11.5. The second kappa shape index (κ2) is 6.76. The third-order valence-corrected chi connectivity index (χ3v) is 5.41. The summed E-state index contributed by atoms with van der Waals surface area (Å²) in [5, 5.41) is 0. The Bertz CT molecular complexity index is 745. The average molecular weight is 331 g/mol. The maximum Gasteiger partial charge on any atom is 0.175 e. The molecule has 1 aliphatic heterocycles. The van der Waals surface area contributed by atoms with E-state index in [1.54, 1.807) is 24.7 Å². The summed E-state index contributed by atoms with van der Waals surface area (Å²) in [5.41, 5.74) is 2.25. The lowest BCUT2D eigenvalue weighted by Crippen LogP contribution is -2.34. The zero-order valence-corrected chi connectivity index (χ0v) is 14.0. The molecule has 3 rings (SSSR count). The quantitative estimate of drug-likeness (QED) is 0.860. The molecule has 0 radical (unpaired) electrons. The van der Waals surface area contributed by atoms with Gasteiger partial charge < -0.3 is 0 Å². The Kier molecular flexibility index (Phi) is 4.73. The summed E-state index contributed by atoms with van der Waals surface area (Å²) in [6.45, 7) is 2.88. The fraction of sp³-hybridized carbons (Fsp3) is 0.412. The maximum absolute atomic E-state index is 11.5. The summed E-state index contributed by atoms with van der Waals surface area (Å²) < 4.78 is 23.0. The first-order chi connectivity index (χ1) is 11.0. The normalized spacial score (nSPS) is 19.6. The molecule has 0 spiro atoms. The van der Waals surface area contributed by atoms with Gasteiger partial charge >= 0.3 is 0 Å².